The van der Waals surface area contributed by atoms with Gasteiger partial charge in [0.25, 0.3) is 5.56 Å². The van der Waals surface area contributed by atoms with E-state index in [9.17, 15) is 26.8 Å². The van der Waals surface area contributed by atoms with Gasteiger partial charge in [-0.2, -0.15) is 15.2 Å². The van der Waals surface area contributed by atoms with Gasteiger partial charge in [0.1, 0.15) is 24.0 Å². The van der Waals surface area contributed by atoms with Crippen molar-refractivity contribution in [3.63, 3.8) is 0 Å². The van der Waals surface area contributed by atoms with E-state index in [0.717, 1.165) is 30.1 Å². The average Bonchev–Trinajstić information content (AvgIpc) is 3.64. The molecular weight excluding hydrogens is 708 g/mol. The number of carbonyl (C=O) groups excluding carboxylic acids is 1. The first-order valence-electron chi connectivity index (χ1n) is 15.5. The Labute approximate surface area is 295 Å². The van der Waals surface area contributed by atoms with E-state index in [0.29, 0.717) is 0 Å². The summed E-state index contributed by atoms with van der Waals surface area (Å²) in [4.78, 5) is 37.3. The predicted molar refractivity (Wildman–Crippen MR) is 187 cm³/mol. The Morgan fingerprint density at radius 1 is 1.04 bits per heavy atom. The van der Waals surface area contributed by atoms with Crippen LogP contribution in [0.15, 0.2) is 59.5 Å². The van der Waals surface area contributed by atoms with Crippen molar-refractivity contribution < 1.29 is 26.7 Å². The molecule has 266 valence electrons. The largest absolute Gasteiger partial charge is 0.481 e. The number of aryl methyl sites for hydroxylation is 1. The van der Waals surface area contributed by atoms with Crippen LogP contribution >= 0.6 is 11.6 Å². The number of ether oxygens (including phenoxy) is 1. The zero-order chi connectivity index (χ0) is 36.8. The van der Waals surface area contributed by atoms with E-state index in [-0.39, 0.29) is 74.6 Å². The van der Waals surface area contributed by atoms with Crippen LogP contribution in [0.2, 0.25) is 5.02 Å². The lowest BCUT2D eigenvalue weighted by atomic mass is 10.0. The number of sulfonamides is 1. The second-order valence-corrected chi connectivity index (χ2v) is 14.3. The number of benzene rings is 2. The first kappa shape index (κ1) is 35.4. The molecule has 1 amide bonds. The molecule has 4 aromatic heterocycles. The van der Waals surface area contributed by atoms with Crippen LogP contribution < -0.4 is 20.3 Å². The molecule has 0 unspecified atom stereocenters. The Kier molecular flexibility index (Phi) is 9.52. The summed E-state index contributed by atoms with van der Waals surface area (Å²) < 4.78 is 65.0. The highest BCUT2D eigenvalue weighted by Crippen LogP contribution is 2.35. The van der Waals surface area contributed by atoms with Gasteiger partial charge in [-0.05, 0) is 47.9 Å². The summed E-state index contributed by atoms with van der Waals surface area (Å²) in [5, 5.41) is 12.0. The van der Waals surface area contributed by atoms with Gasteiger partial charge in [0.2, 0.25) is 21.8 Å². The van der Waals surface area contributed by atoms with Gasteiger partial charge in [0.15, 0.2) is 11.5 Å². The Balaban J connectivity index is 1.60. The van der Waals surface area contributed by atoms with Crippen molar-refractivity contribution in [3.8, 4) is 11.6 Å². The first-order valence-corrected chi connectivity index (χ1v) is 17.8. The molecule has 0 radical (unpaired) electrons. The fourth-order valence-electron chi connectivity index (χ4n) is 5.76. The fraction of sp³-hybridized carbons (Fsp3) is 0.273. The number of fused-ring (bicyclic) bond motifs is 2. The van der Waals surface area contributed by atoms with E-state index in [1.165, 1.54) is 52.4 Å². The van der Waals surface area contributed by atoms with Gasteiger partial charge in [-0.1, -0.05) is 25.4 Å². The van der Waals surface area contributed by atoms with Crippen molar-refractivity contribution in [1.29, 1.82) is 0 Å². The van der Waals surface area contributed by atoms with Crippen LogP contribution in [-0.4, -0.2) is 61.8 Å². The molecule has 0 aliphatic heterocycles. The van der Waals surface area contributed by atoms with Crippen LogP contribution in [0.25, 0.3) is 27.6 Å². The maximum Gasteiger partial charge on any atom is 0.267 e. The Hall–Kier alpha value is -5.42. The van der Waals surface area contributed by atoms with Crippen LogP contribution in [0, 0.1) is 11.6 Å². The summed E-state index contributed by atoms with van der Waals surface area (Å²) in [7, 11) is -0.872. The molecule has 0 saturated carbocycles. The third-order valence-corrected chi connectivity index (χ3v) is 8.83. The standard InChI is InChI=1S/C33H32ClF2N9O5S/c1-17(2)23-10-11-44(40-23)16-26(46)37-24(14-18-12-19(35)15-20(36)13-18)32-39-30-21(6-9-27(38-30)50-4)33(47)45(32)25-8-7-22(34)28-29(25)43(3)41-31(28)42-51(5,48)49/h6-13,15,17,24H,14,16H2,1-5H3,(H,37,46)(H,41,42)/t24-/m0/s1. The number of nitrogens with zero attached hydrogens (tertiary/aromatic N) is 7. The van der Waals surface area contributed by atoms with Crippen molar-refractivity contribution in [2.45, 2.75) is 38.8 Å². The van der Waals surface area contributed by atoms with Crippen molar-refractivity contribution in [2.75, 3.05) is 18.1 Å². The van der Waals surface area contributed by atoms with Gasteiger partial charge < -0.3 is 10.1 Å². The van der Waals surface area contributed by atoms with Crippen LogP contribution in [-0.2, 0) is 34.8 Å². The maximum atomic E-state index is 14.6. The lowest BCUT2D eigenvalue weighted by molar-refractivity contribution is -0.122. The molecule has 2 aromatic carbocycles. The molecule has 0 spiro atoms. The Morgan fingerprint density at radius 2 is 1.76 bits per heavy atom. The highest BCUT2D eigenvalue weighted by atomic mass is 35.5. The number of carbonyl (C=O) groups is 1. The molecule has 2 N–H and O–H groups in total. The number of pyridine rings is 1. The Morgan fingerprint density at radius 3 is 2.41 bits per heavy atom. The molecule has 6 aromatic rings. The third kappa shape index (κ3) is 7.39. The summed E-state index contributed by atoms with van der Waals surface area (Å²) in [5.41, 5.74) is 0.658. The van der Waals surface area contributed by atoms with E-state index < -0.39 is 39.2 Å². The molecule has 0 aliphatic rings. The molecule has 0 fully saturated rings. The SMILES string of the molecule is COc1ccc2c(=O)n(-c3ccc(Cl)c4c(NS(C)(=O)=O)nn(C)c34)c([C@H](Cc3cc(F)cc(F)c3)NC(=O)Cn3ccc(C(C)C)n3)nc2n1. The monoisotopic (exact) mass is 739 g/mol. The average molecular weight is 740 g/mol. The molecule has 6 rings (SSSR count). The van der Waals surface area contributed by atoms with E-state index in [1.807, 2.05) is 13.8 Å². The number of nitrogens with one attached hydrogen (secondary N) is 2. The van der Waals surface area contributed by atoms with E-state index in [1.54, 1.807) is 12.3 Å². The number of rotatable bonds is 11. The second-order valence-electron chi connectivity index (χ2n) is 12.2. The topological polar surface area (TPSA) is 168 Å². The van der Waals surface area contributed by atoms with E-state index in [4.69, 9.17) is 21.3 Å². The molecule has 14 nitrogen and oxygen atoms in total. The molecule has 1 atom stereocenters. The number of methoxy groups -OCH3 is 1. The molecule has 0 aliphatic carbocycles. The van der Waals surface area contributed by atoms with Gasteiger partial charge in [0, 0.05) is 31.8 Å². The van der Waals surface area contributed by atoms with Crippen molar-refractivity contribution >= 4 is 55.3 Å². The first-order chi connectivity index (χ1) is 24.1. The van der Waals surface area contributed by atoms with Gasteiger partial charge in [-0.15, -0.1) is 0 Å². The molecule has 0 bridgehead atoms. The normalized spacial score (nSPS) is 12.5. The van der Waals surface area contributed by atoms with Gasteiger partial charge in [0.05, 0.1) is 52.1 Å². The molecular formula is C33H32ClF2N9O5S. The van der Waals surface area contributed by atoms with Gasteiger partial charge in [-0.25, -0.2) is 22.2 Å². The second kappa shape index (κ2) is 13.7. The summed E-state index contributed by atoms with van der Waals surface area (Å²) in [6, 6.07) is 9.47. The number of halogens is 3. The summed E-state index contributed by atoms with van der Waals surface area (Å²) in [6.07, 6.45) is 2.39. The third-order valence-electron chi connectivity index (χ3n) is 7.95. The van der Waals surface area contributed by atoms with Gasteiger partial charge in [-0.3, -0.25) is 28.2 Å². The minimum Gasteiger partial charge on any atom is -0.481 e. The molecule has 18 heteroatoms. The minimum absolute atomic E-state index is 0.0291. The molecule has 51 heavy (non-hydrogen) atoms. The van der Waals surface area contributed by atoms with Gasteiger partial charge >= 0.3 is 0 Å². The maximum absolute atomic E-state index is 14.6. The molecule has 0 saturated heterocycles. The van der Waals surface area contributed by atoms with E-state index >= 15 is 0 Å². The highest BCUT2D eigenvalue weighted by Gasteiger charge is 2.28. The number of hydrogen-bond donors (Lipinski definition) is 2. The predicted octanol–water partition coefficient (Wildman–Crippen LogP) is 4.40. The van der Waals surface area contributed by atoms with Crippen LogP contribution in [0.3, 0.4) is 0 Å². The fourth-order valence-corrected chi connectivity index (χ4v) is 6.50. The number of anilines is 1. The summed E-state index contributed by atoms with van der Waals surface area (Å²) >= 11 is 6.59. The smallest absolute Gasteiger partial charge is 0.267 e. The quantitative estimate of drug-likeness (QED) is 0.196. The zero-order valence-electron chi connectivity index (χ0n) is 28.0. The number of aromatic nitrogens is 7. The van der Waals surface area contributed by atoms with Crippen LogP contribution in [0.4, 0.5) is 14.6 Å². The van der Waals surface area contributed by atoms with Crippen LogP contribution in [0.5, 0.6) is 5.88 Å². The Bertz CT molecular complexity index is 2480. The highest BCUT2D eigenvalue weighted by molar-refractivity contribution is 7.92. The van der Waals surface area contributed by atoms with E-state index in [2.05, 4.69) is 25.2 Å². The summed E-state index contributed by atoms with van der Waals surface area (Å²) in [5.74, 6) is -2.12. The molecule has 4 heterocycles. The van der Waals surface area contributed by atoms with Crippen molar-refractivity contribution in [3.05, 3.63) is 98.8 Å². The zero-order valence-corrected chi connectivity index (χ0v) is 29.6. The minimum atomic E-state index is -3.80. The van der Waals surface area contributed by atoms with Crippen molar-refractivity contribution in [2.24, 2.45) is 7.05 Å². The lowest BCUT2D eigenvalue weighted by Crippen LogP contribution is -2.37. The number of amides is 1. The summed E-state index contributed by atoms with van der Waals surface area (Å²) in [6.45, 7) is 3.70. The lowest BCUT2D eigenvalue weighted by Gasteiger charge is -2.23. The van der Waals surface area contributed by atoms with Crippen LogP contribution in [0.1, 0.15) is 42.9 Å². The number of hydrogen-bond acceptors (Lipinski definition) is 9. The van der Waals surface area contributed by atoms with Crippen molar-refractivity contribution in [1.82, 2.24) is 39.4 Å².